The van der Waals surface area contributed by atoms with E-state index in [1.54, 1.807) is 0 Å². The van der Waals surface area contributed by atoms with Crippen LogP contribution in [0, 0.1) is 5.92 Å². The van der Waals surface area contributed by atoms with Gasteiger partial charge in [-0.05, 0) is 38.1 Å². The van der Waals surface area contributed by atoms with Gasteiger partial charge in [-0.1, -0.05) is 59.8 Å². The molecule has 0 aromatic heterocycles. The third-order valence-corrected chi connectivity index (χ3v) is 5.37. The van der Waals surface area contributed by atoms with Crippen LogP contribution in [-0.4, -0.2) is 55.9 Å². The highest BCUT2D eigenvalue weighted by Gasteiger charge is 2.19. The lowest BCUT2D eigenvalue weighted by Gasteiger charge is -2.31. The van der Waals surface area contributed by atoms with Crippen molar-refractivity contribution in [1.82, 2.24) is 10.2 Å². The second kappa shape index (κ2) is 19.8. The molecular weight excluding hydrogens is 380 g/mol. The van der Waals surface area contributed by atoms with Crippen molar-refractivity contribution < 1.29 is 19.1 Å². The third kappa shape index (κ3) is 15.7. The van der Waals surface area contributed by atoms with Gasteiger partial charge in [0.2, 0.25) is 0 Å². The van der Waals surface area contributed by atoms with Gasteiger partial charge in [-0.2, -0.15) is 0 Å². The Hall–Kier alpha value is -1.14. The zero-order chi connectivity index (χ0) is 22.6. The first-order chi connectivity index (χ1) is 14.5. The zero-order valence-corrected chi connectivity index (χ0v) is 20.3. The van der Waals surface area contributed by atoms with Crippen LogP contribution in [0.15, 0.2) is 0 Å². The Morgan fingerprint density at radius 1 is 0.900 bits per heavy atom. The first-order valence-electron chi connectivity index (χ1n) is 12.3. The Balaban J connectivity index is 4.11. The molecule has 0 spiro atoms. The summed E-state index contributed by atoms with van der Waals surface area (Å²) in [4.78, 5) is 25.7. The molecule has 30 heavy (non-hydrogen) atoms. The minimum atomic E-state index is -0.216. The number of nitrogens with zero attached hydrogens (tertiary/aromatic N) is 1. The highest BCUT2D eigenvalue weighted by atomic mass is 16.6. The number of ether oxygens (including phenoxy) is 2. The molecule has 178 valence electrons. The molecule has 6 nitrogen and oxygen atoms in total. The van der Waals surface area contributed by atoms with Crippen molar-refractivity contribution in [1.29, 1.82) is 0 Å². The first kappa shape index (κ1) is 28.9. The van der Waals surface area contributed by atoms with Gasteiger partial charge >= 0.3 is 11.9 Å². The molecule has 2 atom stereocenters. The number of hydrogen-bond donors (Lipinski definition) is 1. The number of unbranched alkanes of at least 4 members (excludes halogenated alkanes) is 2. The second-order valence-electron chi connectivity index (χ2n) is 8.20. The average molecular weight is 429 g/mol. The van der Waals surface area contributed by atoms with Crippen LogP contribution in [0.25, 0.3) is 0 Å². The number of nitrogens with one attached hydrogen (secondary N) is 1. The molecule has 0 aromatic carbocycles. The Labute approximate surface area is 185 Å². The topological polar surface area (TPSA) is 67.9 Å². The van der Waals surface area contributed by atoms with Crippen LogP contribution >= 0.6 is 0 Å². The van der Waals surface area contributed by atoms with Gasteiger partial charge in [0.05, 0.1) is 13.0 Å². The summed E-state index contributed by atoms with van der Waals surface area (Å²) in [5, 5.41) is 3.34. The van der Waals surface area contributed by atoms with Crippen LogP contribution < -0.4 is 5.32 Å². The van der Waals surface area contributed by atoms with Crippen molar-refractivity contribution in [3.05, 3.63) is 0 Å². The average Bonchev–Trinajstić information content (AvgIpc) is 2.72. The van der Waals surface area contributed by atoms with Crippen LogP contribution in [0.1, 0.15) is 98.8 Å². The lowest BCUT2D eigenvalue weighted by molar-refractivity contribution is -0.157. The van der Waals surface area contributed by atoms with Gasteiger partial charge in [0.1, 0.15) is 0 Å². The maximum atomic E-state index is 11.9. The van der Waals surface area contributed by atoms with E-state index in [9.17, 15) is 9.59 Å². The highest BCUT2D eigenvalue weighted by molar-refractivity contribution is 5.69. The fourth-order valence-corrected chi connectivity index (χ4v) is 3.42. The van der Waals surface area contributed by atoms with Crippen LogP contribution in [0.3, 0.4) is 0 Å². The van der Waals surface area contributed by atoms with E-state index >= 15 is 0 Å². The Bertz CT molecular complexity index is 431. The smallest absolute Gasteiger partial charge is 0.307 e. The summed E-state index contributed by atoms with van der Waals surface area (Å²) in [6, 6.07) is 0. The summed E-state index contributed by atoms with van der Waals surface area (Å²) in [5.41, 5.74) is 0. The van der Waals surface area contributed by atoms with Crippen molar-refractivity contribution in [2.75, 3.05) is 32.8 Å². The molecule has 1 N–H and O–H groups in total. The van der Waals surface area contributed by atoms with E-state index in [0.717, 1.165) is 64.6 Å². The fraction of sp³-hybridized carbons (Fsp3) is 0.917. The molecule has 0 fully saturated rings. The van der Waals surface area contributed by atoms with Crippen LogP contribution in [-0.2, 0) is 19.1 Å². The minimum Gasteiger partial charge on any atom is -0.465 e. The van der Waals surface area contributed by atoms with Gasteiger partial charge in [-0.3, -0.25) is 14.5 Å². The van der Waals surface area contributed by atoms with Crippen LogP contribution in [0.2, 0.25) is 0 Å². The number of esters is 2. The quantitative estimate of drug-likeness (QED) is 0.169. The lowest BCUT2D eigenvalue weighted by atomic mass is 10.0. The monoisotopic (exact) mass is 428 g/mol. The van der Waals surface area contributed by atoms with Gasteiger partial charge in [0.25, 0.3) is 0 Å². The van der Waals surface area contributed by atoms with Gasteiger partial charge in [-0.25, -0.2) is 0 Å². The molecule has 0 aliphatic rings. The predicted molar refractivity (Wildman–Crippen MR) is 123 cm³/mol. The van der Waals surface area contributed by atoms with Gasteiger partial charge in [-0.15, -0.1) is 0 Å². The molecule has 0 amide bonds. The molecule has 0 bridgehead atoms. The highest BCUT2D eigenvalue weighted by Crippen LogP contribution is 2.13. The molecule has 0 saturated carbocycles. The van der Waals surface area contributed by atoms with Gasteiger partial charge in [0, 0.05) is 26.6 Å². The molecule has 0 aliphatic heterocycles. The van der Waals surface area contributed by atoms with E-state index in [1.165, 1.54) is 19.8 Å². The summed E-state index contributed by atoms with van der Waals surface area (Å²) in [6.45, 7) is 14.0. The molecule has 0 radical (unpaired) electrons. The molecule has 0 saturated heterocycles. The SMILES string of the molecule is CCCCC(CC)COC(=O)CCNCCCN(CCCC)C(CCC)OC(C)=O. The number of carbonyl (C=O) groups excluding carboxylic acids is 2. The Morgan fingerprint density at radius 2 is 1.60 bits per heavy atom. The second-order valence-corrected chi connectivity index (χ2v) is 8.20. The summed E-state index contributed by atoms with van der Waals surface area (Å²) < 4.78 is 11.0. The standard InChI is InChI=1S/C24H48N2O4/c1-6-10-14-22(9-4)20-29-24(28)15-17-25-16-12-19-26(18-11-7-2)23(13-8-3)30-21(5)27/h22-23,25H,6-20H2,1-5H3. The molecule has 0 heterocycles. The Morgan fingerprint density at radius 3 is 2.20 bits per heavy atom. The molecule has 0 rings (SSSR count). The molecule has 0 aliphatic carbocycles. The van der Waals surface area contributed by atoms with E-state index < -0.39 is 0 Å². The first-order valence-corrected chi connectivity index (χ1v) is 12.3. The lowest BCUT2D eigenvalue weighted by Crippen LogP contribution is -2.40. The molecule has 0 aromatic rings. The van der Waals surface area contributed by atoms with Crippen molar-refractivity contribution in [2.45, 2.75) is 105 Å². The van der Waals surface area contributed by atoms with E-state index in [1.807, 2.05) is 0 Å². The number of rotatable bonds is 20. The summed E-state index contributed by atoms with van der Waals surface area (Å²) >= 11 is 0. The Kier molecular flexibility index (Phi) is 19.0. The number of hydrogen-bond acceptors (Lipinski definition) is 6. The van der Waals surface area contributed by atoms with Crippen molar-refractivity contribution >= 4 is 11.9 Å². The van der Waals surface area contributed by atoms with Crippen LogP contribution in [0.5, 0.6) is 0 Å². The van der Waals surface area contributed by atoms with Gasteiger partial charge in [0.15, 0.2) is 6.23 Å². The maximum Gasteiger partial charge on any atom is 0.307 e. The summed E-state index contributed by atoms with van der Waals surface area (Å²) in [6.07, 6.45) is 9.88. The number of carbonyl (C=O) groups is 2. The van der Waals surface area contributed by atoms with Crippen LogP contribution in [0.4, 0.5) is 0 Å². The fourth-order valence-electron chi connectivity index (χ4n) is 3.42. The molecule has 6 heteroatoms. The normalized spacial score (nSPS) is 13.3. The van der Waals surface area contributed by atoms with E-state index in [0.29, 0.717) is 25.5 Å². The van der Waals surface area contributed by atoms with E-state index in [-0.39, 0.29) is 18.2 Å². The summed E-state index contributed by atoms with van der Waals surface area (Å²) in [5.74, 6) is 0.163. The minimum absolute atomic E-state index is 0.111. The third-order valence-electron chi connectivity index (χ3n) is 5.37. The van der Waals surface area contributed by atoms with E-state index in [4.69, 9.17) is 9.47 Å². The van der Waals surface area contributed by atoms with Crippen molar-refractivity contribution in [2.24, 2.45) is 5.92 Å². The van der Waals surface area contributed by atoms with Crippen molar-refractivity contribution in [3.8, 4) is 0 Å². The van der Waals surface area contributed by atoms with Gasteiger partial charge < -0.3 is 14.8 Å². The summed E-state index contributed by atoms with van der Waals surface area (Å²) in [7, 11) is 0. The molecule has 2 unspecified atom stereocenters. The molecular formula is C24H48N2O4. The van der Waals surface area contributed by atoms with Crippen molar-refractivity contribution in [3.63, 3.8) is 0 Å². The maximum absolute atomic E-state index is 11.9. The largest absolute Gasteiger partial charge is 0.465 e. The van der Waals surface area contributed by atoms with E-state index in [2.05, 4.69) is 37.9 Å². The predicted octanol–water partition coefficient (Wildman–Crippen LogP) is 4.91. The zero-order valence-electron chi connectivity index (χ0n) is 20.3.